The Balaban J connectivity index is 1.73. The van der Waals surface area contributed by atoms with Crippen LogP contribution in [0.5, 0.6) is 5.75 Å². The van der Waals surface area contributed by atoms with Crippen molar-refractivity contribution in [3.63, 3.8) is 0 Å². The topological polar surface area (TPSA) is 44.5 Å². The molecule has 1 saturated heterocycles. The Bertz CT molecular complexity index is 465. The summed E-state index contributed by atoms with van der Waals surface area (Å²) in [5.74, 6) is 0.900. The van der Waals surface area contributed by atoms with Gasteiger partial charge < -0.3 is 15.2 Å². The molecular formula is C15H21NO2S. The molecule has 0 bridgehead atoms. The van der Waals surface area contributed by atoms with Crippen molar-refractivity contribution in [3.8, 4) is 5.75 Å². The predicted octanol–water partition coefficient (Wildman–Crippen LogP) is 2.53. The third-order valence-corrected chi connectivity index (χ3v) is 5.97. The van der Waals surface area contributed by atoms with Gasteiger partial charge in [0.25, 0.3) is 0 Å². The van der Waals surface area contributed by atoms with Gasteiger partial charge in [0.15, 0.2) is 0 Å². The van der Waals surface area contributed by atoms with Gasteiger partial charge >= 0.3 is 0 Å². The van der Waals surface area contributed by atoms with Crippen LogP contribution in [0.15, 0.2) is 18.2 Å². The molecule has 3 nitrogen and oxygen atoms in total. The van der Waals surface area contributed by atoms with Crippen LogP contribution in [-0.4, -0.2) is 30.3 Å². The van der Waals surface area contributed by atoms with Gasteiger partial charge in [-0.1, -0.05) is 6.07 Å². The van der Waals surface area contributed by atoms with E-state index < -0.39 is 0 Å². The zero-order valence-electron chi connectivity index (χ0n) is 11.5. The molecule has 2 N–H and O–H groups in total. The van der Waals surface area contributed by atoms with Gasteiger partial charge in [0.2, 0.25) is 0 Å². The molecule has 4 heteroatoms. The molecule has 1 aliphatic heterocycles. The molecule has 0 spiro atoms. The Kier molecular flexibility index (Phi) is 3.74. The smallest absolute Gasteiger partial charge is 0.119 e. The molecule has 4 unspecified atom stereocenters. The van der Waals surface area contributed by atoms with Gasteiger partial charge in [-0.3, -0.25) is 0 Å². The molecule has 1 aromatic rings. The van der Waals surface area contributed by atoms with E-state index in [1.807, 2.05) is 17.8 Å². The van der Waals surface area contributed by atoms with Crippen molar-refractivity contribution in [1.29, 1.82) is 0 Å². The van der Waals surface area contributed by atoms with E-state index in [0.29, 0.717) is 16.6 Å². The Hall–Kier alpha value is -0.710. The molecule has 2 aliphatic rings. The van der Waals surface area contributed by atoms with Crippen LogP contribution in [0.2, 0.25) is 0 Å². The Morgan fingerprint density at radius 2 is 2.21 bits per heavy atom. The molecule has 1 aliphatic carbocycles. The number of fused-ring (bicyclic) bond motifs is 1. The molecule has 0 amide bonds. The summed E-state index contributed by atoms with van der Waals surface area (Å²) >= 11 is 2.01. The van der Waals surface area contributed by atoms with E-state index in [1.54, 1.807) is 7.11 Å². The lowest BCUT2D eigenvalue weighted by Crippen LogP contribution is -2.24. The number of hydrogen-bond donors (Lipinski definition) is 1. The highest BCUT2D eigenvalue weighted by molar-refractivity contribution is 8.00. The van der Waals surface area contributed by atoms with Crippen molar-refractivity contribution in [2.75, 3.05) is 13.7 Å². The monoisotopic (exact) mass is 279 g/mol. The minimum absolute atomic E-state index is 0.114. The lowest BCUT2D eigenvalue weighted by molar-refractivity contribution is 0.127. The molecule has 104 valence electrons. The fourth-order valence-corrected chi connectivity index (χ4v) is 4.56. The average Bonchev–Trinajstić information content (AvgIpc) is 2.95. The number of nitrogens with two attached hydrogens (primary N) is 1. The zero-order chi connectivity index (χ0) is 13.4. The molecule has 0 radical (unpaired) electrons. The first-order valence-corrected chi connectivity index (χ1v) is 7.83. The standard InChI is InChI=1S/C15H21NO2S/c1-9-13(5-6-18-9)19-14-7-10-3-4-11(17-2)8-12(10)15(14)16/h3-4,8-9,13-15H,5-7,16H2,1-2H3. The molecule has 3 rings (SSSR count). The minimum atomic E-state index is 0.114. The number of thioether (sulfide) groups is 1. The van der Waals surface area contributed by atoms with Crippen LogP contribution in [0, 0.1) is 0 Å². The normalized spacial score (nSPS) is 33.4. The molecule has 0 saturated carbocycles. The van der Waals surface area contributed by atoms with Crippen molar-refractivity contribution in [2.45, 2.75) is 42.4 Å². The second-order valence-corrected chi connectivity index (χ2v) is 6.86. The number of methoxy groups -OCH3 is 1. The van der Waals surface area contributed by atoms with Crippen molar-refractivity contribution in [1.82, 2.24) is 0 Å². The summed E-state index contributed by atoms with van der Waals surface area (Å²) in [6, 6.07) is 6.39. The number of ether oxygens (including phenoxy) is 2. The maximum Gasteiger partial charge on any atom is 0.119 e. The second-order valence-electron chi connectivity index (χ2n) is 5.37. The van der Waals surface area contributed by atoms with E-state index in [1.165, 1.54) is 11.1 Å². The van der Waals surface area contributed by atoms with Crippen molar-refractivity contribution < 1.29 is 9.47 Å². The van der Waals surface area contributed by atoms with Gasteiger partial charge in [-0.2, -0.15) is 11.8 Å². The van der Waals surface area contributed by atoms with Gasteiger partial charge in [0.05, 0.1) is 13.2 Å². The zero-order valence-corrected chi connectivity index (χ0v) is 12.3. The van der Waals surface area contributed by atoms with Crippen molar-refractivity contribution in [2.24, 2.45) is 5.73 Å². The quantitative estimate of drug-likeness (QED) is 0.923. The summed E-state index contributed by atoms with van der Waals surface area (Å²) in [4.78, 5) is 0. The second kappa shape index (κ2) is 5.35. The first-order chi connectivity index (χ1) is 9.19. The van der Waals surface area contributed by atoms with E-state index in [0.717, 1.165) is 25.2 Å². The number of rotatable bonds is 3. The molecule has 1 heterocycles. The number of benzene rings is 1. The average molecular weight is 279 g/mol. The van der Waals surface area contributed by atoms with Crippen LogP contribution >= 0.6 is 11.8 Å². The molecule has 1 fully saturated rings. The summed E-state index contributed by atoms with van der Waals surface area (Å²) < 4.78 is 10.9. The Morgan fingerprint density at radius 1 is 1.37 bits per heavy atom. The van der Waals surface area contributed by atoms with E-state index in [9.17, 15) is 0 Å². The summed E-state index contributed by atoms with van der Waals surface area (Å²) in [5.41, 5.74) is 9.05. The Labute approximate surface area is 118 Å². The van der Waals surface area contributed by atoms with Gasteiger partial charge in [-0.15, -0.1) is 0 Å². The third-order valence-electron chi connectivity index (χ3n) is 4.19. The first-order valence-electron chi connectivity index (χ1n) is 6.88. The van der Waals surface area contributed by atoms with Crippen molar-refractivity contribution >= 4 is 11.8 Å². The fourth-order valence-electron chi connectivity index (χ4n) is 2.99. The summed E-state index contributed by atoms with van der Waals surface area (Å²) in [6.07, 6.45) is 2.57. The highest BCUT2D eigenvalue weighted by Crippen LogP contribution is 2.42. The first kappa shape index (κ1) is 13.3. The summed E-state index contributed by atoms with van der Waals surface area (Å²) in [6.45, 7) is 3.06. The summed E-state index contributed by atoms with van der Waals surface area (Å²) in [5, 5.41) is 1.06. The van der Waals surface area contributed by atoms with Crippen LogP contribution in [0.4, 0.5) is 0 Å². The van der Waals surface area contributed by atoms with Crippen molar-refractivity contribution in [3.05, 3.63) is 29.3 Å². The van der Waals surface area contributed by atoms with Gasteiger partial charge in [0, 0.05) is 23.1 Å². The fraction of sp³-hybridized carbons (Fsp3) is 0.600. The molecule has 4 atom stereocenters. The van der Waals surface area contributed by atoms with Crippen LogP contribution in [0.25, 0.3) is 0 Å². The largest absolute Gasteiger partial charge is 0.497 e. The van der Waals surface area contributed by atoms with Crippen LogP contribution in [0.3, 0.4) is 0 Å². The van der Waals surface area contributed by atoms with E-state index in [4.69, 9.17) is 15.2 Å². The lowest BCUT2D eigenvalue weighted by atomic mass is 10.1. The summed E-state index contributed by atoms with van der Waals surface area (Å²) in [7, 11) is 1.70. The molecule has 0 aromatic heterocycles. The van der Waals surface area contributed by atoms with Crippen LogP contribution in [0.1, 0.15) is 30.5 Å². The number of hydrogen-bond acceptors (Lipinski definition) is 4. The Morgan fingerprint density at radius 3 is 2.89 bits per heavy atom. The van der Waals surface area contributed by atoms with Crippen LogP contribution in [-0.2, 0) is 11.2 Å². The molecular weight excluding hydrogens is 258 g/mol. The minimum Gasteiger partial charge on any atom is -0.497 e. The highest BCUT2D eigenvalue weighted by Gasteiger charge is 2.35. The van der Waals surface area contributed by atoms with Crippen LogP contribution < -0.4 is 10.5 Å². The van der Waals surface area contributed by atoms with E-state index in [-0.39, 0.29) is 6.04 Å². The highest BCUT2D eigenvalue weighted by atomic mass is 32.2. The maximum atomic E-state index is 6.42. The molecule has 1 aromatic carbocycles. The van der Waals surface area contributed by atoms with E-state index in [2.05, 4.69) is 19.1 Å². The lowest BCUT2D eigenvalue weighted by Gasteiger charge is -2.21. The van der Waals surface area contributed by atoms with E-state index >= 15 is 0 Å². The van der Waals surface area contributed by atoms with Gasteiger partial charge in [0.1, 0.15) is 5.75 Å². The predicted molar refractivity (Wildman–Crippen MR) is 78.8 cm³/mol. The van der Waals surface area contributed by atoms with Gasteiger partial charge in [-0.25, -0.2) is 0 Å². The van der Waals surface area contributed by atoms with Gasteiger partial charge in [-0.05, 0) is 43.0 Å². The molecule has 19 heavy (non-hydrogen) atoms. The maximum absolute atomic E-state index is 6.42. The third kappa shape index (κ3) is 2.49. The SMILES string of the molecule is COc1ccc2c(c1)C(N)C(SC1CCOC1C)C2.